The summed E-state index contributed by atoms with van der Waals surface area (Å²) >= 11 is 1.15. The van der Waals surface area contributed by atoms with Crippen LogP contribution in [0.2, 0.25) is 0 Å². The number of hydrogen-bond donors (Lipinski definition) is 2. The van der Waals surface area contributed by atoms with Crippen LogP contribution in [-0.2, 0) is 16.6 Å². The molecule has 2 rings (SSSR count). The summed E-state index contributed by atoms with van der Waals surface area (Å²) in [6.07, 6.45) is 2.07. The fourth-order valence-electron chi connectivity index (χ4n) is 2.14. The number of sulfonamides is 1. The van der Waals surface area contributed by atoms with Crippen molar-refractivity contribution in [3.63, 3.8) is 0 Å². The van der Waals surface area contributed by atoms with Gasteiger partial charge in [-0.25, -0.2) is 13.1 Å². The Morgan fingerprint density at radius 3 is 2.74 bits per heavy atom. The van der Waals surface area contributed by atoms with Gasteiger partial charge in [-0.15, -0.1) is 11.3 Å². The zero-order chi connectivity index (χ0) is 13.9. The van der Waals surface area contributed by atoms with Crippen LogP contribution in [0.25, 0.3) is 0 Å². The molecule has 0 aliphatic carbocycles. The number of hydrogen-bond acceptors (Lipinski definition) is 5. The Balaban J connectivity index is 1.90. The van der Waals surface area contributed by atoms with Crippen molar-refractivity contribution in [3.8, 4) is 0 Å². The lowest BCUT2D eigenvalue weighted by Crippen LogP contribution is -2.36. The largest absolute Gasteiger partial charge is 0.392 e. The summed E-state index contributed by atoms with van der Waals surface area (Å²) in [5, 5.41) is 10.6. The Bertz CT molecular complexity index is 505. The number of thiophene rings is 1. The van der Waals surface area contributed by atoms with Crippen molar-refractivity contribution in [2.75, 3.05) is 26.7 Å². The minimum absolute atomic E-state index is 0.124. The van der Waals surface area contributed by atoms with Crippen molar-refractivity contribution in [3.05, 3.63) is 17.0 Å². The number of aliphatic hydroxyl groups excluding tert-OH is 1. The maximum Gasteiger partial charge on any atom is 0.250 e. The van der Waals surface area contributed by atoms with E-state index in [0.29, 0.717) is 18.0 Å². The van der Waals surface area contributed by atoms with E-state index in [1.165, 1.54) is 6.07 Å². The molecule has 7 heteroatoms. The number of piperidine rings is 1. The lowest BCUT2D eigenvalue weighted by molar-refractivity contribution is 0.220. The number of rotatable bonds is 5. The van der Waals surface area contributed by atoms with Crippen molar-refractivity contribution in [2.24, 2.45) is 5.92 Å². The monoisotopic (exact) mass is 304 g/mol. The van der Waals surface area contributed by atoms with E-state index in [2.05, 4.69) is 16.7 Å². The third kappa shape index (κ3) is 4.00. The molecule has 1 aromatic rings. The molecule has 0 atom stereocenters. The minimum atomic E-state index is -3.42. The third-order valence-electron chi connectivity index (χ3n) is 3.48. The molecule has 0 radical (unpaired) electrons. The summed E-state index contributed by atoms with van der Waals surface area (Å²) in [5.74, 6) is 0.420. The highest BCUT2D eigenvalue weighted by Crippen LogP contribution is 2.21. The average molecular weight is 304 g/mol. The van der Waals surface area contributed by atoms with Crippen LogP contribution in [-0.4, -0.2) is 45.1 Å². The molecular formula is C12H20N2O3S2. The van der Waals surface area contributed by atoms with Crippen LogP contribution in [0.15, 0.2) is 15.7 Å². The van der Waals surface area contributed by atoms with Gasteiger partial charge in [0, 0.05) is 6.54 Å². The van der Waals surface area contributed by atoms with Gasteiger partial charge in [-0.3, -0.25) is 0 Å². The first-order valence-corrected chi connectivity index (χ1v) is 8.74. The van der Waals surface area contributed by atoms with E-state index < -0.39 is 10.0 Å². The van der Waals surface area contributed by atoms with Crippen LogP contribution in [0.3, 0.4) is 0 Å². The second kappa shape index (κ2) is 6.32. The zero-order valence-corrected chi connectivity index (χ0v) is 12.6. The van der Waals surface area contributed by atoms with Crippen molar-refractivity contribution < 1.29 is 13.5 Å². The molecular weight excluding hydrogens is 284 g/mol. The number of aliphatic hydroxyl groups is 1. The van der Waals surface area contributed by atoms with Crippen LogP contribution in [0, 0.1) is 5.92 Å². The lowest BCUT2D eigenvalue weighted by atomic mass is 9.98. The number of nitrogens with zero attached hydrogens (tertiary/aromatic N) is 1. The Hall–Kier alpha value is -0.470. The van der Waals surface area contributed by atoms with E-state index in [1.54, 1.807) is 5.38 Å². The average Bonchev–Trinajstić information content (AvgIpc) is 2.88. The fraction of sp³-hybridized carbons (Fsp3) is 0.667. The van der Waals surface area contributed by atoms with Crippen LogP contribution in [0.5, 0.6) is 0 Å². The predicted molar refractivity (Wildman–Crippen MR) is 75.7 cm³/mol. The van der Waals surface area contributed by atoms with Gasteiger partial charge in [-0.1, -0.05) is 0 Å². The zero-order valence-electron chi connectivity index (χ0n) is 11.0. The standard InChI is InChI=1S/C12H20N2O3S2/c1-14-4-2-10(3-5-14)7-13-19(16,17)12-6-11(8-15)9-18-12/h6,9-10,13,15H,2-5,7-8H2,1H3. The molecule has 108 valence electrons. The molecule has 1 saturated heterocycles. The van der Waals surface area contributed by atoms with Gasteiger partial charge < -0.3 is 10.0 Å². The third-order valence-corrected chi connectivity index (χ3v) is 6.39. The normalized spacial score (nSPS) is 18.8. The van der Waals surface area contributed by atoms with Gasteiger partial charge in [0.2, 0.25) is 10.0 Å². The van der Waals surface area contributed by atoms with E-state index >= 15 is 0 Å². The first-order valence-electron chi connectivity index (χ1n) is 6.38. The maximum atomic E-state index is 12.1. The topological polar surface area (TPSA) is 69.6 Å². The highest BCUT2D eigenvalue weighted by Gasteiger charge is 2.21. The fourth-order valence-corrected chi connectivity index (χ4v) is 4.50. The van der Waals surface area contributed by atoms with Gasteiger partial charge >= 0.3 is 0 Å². The summed E-state index contributed by atoms with van der Waals surface area (Å²) in [6.45, 7) is 2.43. The Labute approximate surface area is 118 Å². The molecule has 1 aromatic heterocycles. The van der Waals surface area contributed by atoms with Crippen LogP contribution >= 0.6 is 11.3 Å². The molecule has 0 unspecified atom stereocenters. The van der Waals surface area contributed by atoms with Crippen molar-refractivity contribution in [1.29, 1.82) is 0 Å². The van der Waals surface area contributed by atoms with Gasteiger partial charge in [0.05, 0.1) is 6.61 Å². The molecule has 2 heterocycles. The van der Waals surface area contributed by atoms with Gasteiger partial charge in [0.25, 0.3) is 0 Å². The molecule has 2 N–H and O–H groups in total. The summed E-state index contributed by atoms with van der Waals surface area (Å²) in [4.78, 5) is 2.26. The highest BCUT2D eigenvalue weighted by atomic mass is 32.2. The molecule has 19 heavy (non-hydrogen) atoms. The van der Waals surface area contributed by atoms with Crippen molar-refractivity contribution >= 4 is 21.4 Å². The van der Waals surface area contributed by atoms with E-state index in [-0.39, 0.29) is 10.8 Å². The maximum absolute atomic E-state index is 12.1. The predicted octanol–water partition coefficient (Wildman–Crippen LogP) is 0.861. The van der Waals surface area contributed by atoms with Crippen molar-refractivity contribution in [2.45, 2.75) is 23.7 Å². The molecule has 1 aliphatic rings. The molecule has 0 saturated carbocycles. The summed E-state index contributed by atoms with van der Waals surface area (Å²) in [7, 11) is -1.33. The highest BCUT2D eigenvalue weighted by molar-refractivity contribution is 7.91. The van der Waals surface area contributed by atoms with Crippen molar-refractivity contribution in [1.82, 2.24) is 9.62 Å². The quantitative estimate of drug-likeness (QED) is 0.846. The Morgan fingerprint density at radius 2 is 2.16 bits per heavy atom. The van der Waals surface area contributed by atoms with Crippen LogP contribution in [0.1, 0.15) is 18.4 Å². The Kier molecular flexibility index (Phi) is 4.97. The van der Waals surface area contributed by atoms with Gasteiger partial charge in [0.1, 0.15) is 4.21 Å². The van der Waals surface area contributed by atoms with Gasteiger partial charge in [-0.2, -0.15) is 0 Å². The smallest absolute Gasteiger partial charge is 0.250 e. The van der Waals surface area contributed by atoms with E-state index in [4.69, 9.17) is 5.11 Å². The molecule has 0 bridgehead atoms. The second-order valence-electron chi connectivity index (χ2n) is 5.03. The van der Waals surface area contributed by atoms with Gasteiger partial charge in [-0.05, 0) is 55.9 Å². The second-order valence-corrected chi connectivity index (χ2v) is 7.94. The van der Waals surface area contributed by atoms with Gasteiger partial charge in [0.15, 0.2) is 0 Å². The minimum Gasteiger partial charge on any atom is -0.392 e. The first-order chi connectivity index (χ1) is 9.01. The molecule has 1 fully saturated rings. The number of nitrogens with one attached hydrogen (secondary N) is 1. The van der Waals surface area contributed by atoms with E-state index in [9.17, 15) is 8.42 Å². The number of likely N-dealkylation sites (tertiary alicyclic amines) is 1. The van der Waals surface area contributed by atoms with E-state index in [1.807, 2.05) is 0 Å². The molecule has 0 amide bonds. The summed E-state index contributed by atoms with van der Waals surface area (Å²) < 4.78 is 27.1. The SMILES string of the molecule is CN1CCC(CNS(=O)(=O)c2cc(CO)cs2)CC1. The summed E-state index contributed by atoms with van der Waals surface area (Å²) in [5.41, 5.74) is 0.643. The van der Waals surface area contributed by atoms with E-state index in [0.717, 1.165) is 37.3 Å². The van der Waals surface area contributed by atoms with Crippen LogP contribution < -0.4 is 4.72 Å². The lowest BCUT2D eigenvalue weighted by Gasteiger charge is -2.28. The molecule has 0 aromatic carbocycles. The first kappa shape index (κ1) is 14.9. The molecule has 0 spiro atoms. The molecule has 5 nitrogen and oxygen atoms in total. The van der Waals surface area contributed by atoms with Crippen LogP contribution in [0.4, 0.5) is 0 Å². The summed E-state index contributed by atoms with van der Waals surface area (Å²) in [6, 6.07) is 1.53. The molecule has 1 aliphatic heterocycles. The Morgan fingerprint density at radius 1 is 1.47 bits per heavy atom.